The number of carbonyl (C=O) groups is 2. The van der Waals surface area contributed by atoms with Crippen molar-refractivity contribution < 1.29 is 41.7 Å². The van der Waals surface area contributed by atoms with Crippen molar-refractivity contribution in [1.29, 1.82) is 0 Å². The zero-order valence-corrected chi connectivity index (χ0v) is 15.4. The van der Waals surface area contributed by atoms with Crippen LogP contribution in [0.15, 0.2) is 18.2 Å². The number of ether oxygens (including phenoxy) is 2. The highest BCUT2D eigenvalue weighted by Gasteiger charge is 2.61. The minimum atomic E-state index is -5.03. The Kier molecular flexibility index (Phi) is 4.55. The van der Waals surface area contributed by atoms with Gasteiger partial charge in [0.15, 0.2) is 0 Å². The Hall–Kier alpha value is -2.32. The maximum Gasteiger partial charge on any atom is 0.490 e. The van der Waals surface area contributed by atoms with Crippen molar-refractivity contribution in [3.63, 3.8) is 0 Å². The van der Waals surface area contributed by atoms with E-state index in [1.165, 1.54) is 6.07 Å². The van der Waals surface area contributed by atoms with Gasteiger partial charge in [-0.3, -0.25) is 0 Å². The number of carboxylic acids is 1. The lowest BCUT2D eigenvalue weighted by atomic mass is 9.48. The van der Waals surface area contributed by atoms with Crippen LogP contribution in [-0.2, 0) is 9.53 Å². The molecule has 4 fully saturated rings. The number of rotatable bonds is 5. The lowest BCUT2D eigenvalue weighted by molar-refractivity contribution is -0.240. The molecule has 0 aliphatic heterocycles. The molecule has 0 saturated heterocycles. The van der Waals surface area contributed by atoms with Crippen molar-refractivity contribution in [2.45, 2.75) is 50.3 Å². The normalized spacial score (nSPS) is 32.8. The molecule has 1 aromatic rings. The van der Waals surface area contributed by atoms with E-state index in [2.05, 4.69) is 0 Å². The summed E-state index contributed by atoms with van der Waals surface area (Å²) in [6, 6.07) is 3.45. The third kappa shape index (κ3) is 3.79. The fraction of sp³-hybridized carbons (Fsp3) is 0.600. The number of esters is 1. The Morgan fingerprint density at radius 2 is 1.79 bits per heavy atom. The van der Waals surface area contributed by atoms with Crippen LogP contribution in [0.4, 0.5) is 17.6 Å². The molecule has 158 valence electrons. The largest absolute Gasteiger partial charge is 0.493 e. The molecule has 0 amide bonds. The molecule has 0 aromatic heterocycles. The quantitative estimate of drug-likeness (QED) is 0.571. The van der Waals surface area contributed by atoms with Crippen molar-refractivity contribution in [2.24, 2.45) is 17.3 Å². The monoisotopic (exact) mass is 416 g/mol. The van der Waals surface area contributed by atoms with Gasteiger partial charge in [0.05, 0.1) is 12.2 Å². The molecular weight excluding hydrogens is 396 g/mol. The smallest absolute Gasteiger partial charge is 0.490 e. The molecule has 4 aliphatic carbocycles. The second-order valence-electron chi connectivity index (χ2n) is 8.77. The zero-order chi connectivity index (χ0) is 21.0. The summed E-state index contributed by atoms with van der Waals surface area (Å²) in [5.74, 6) is -3.98. The van der Waals surface area contributed by atoms with E-state index in [-0.39, 0.29) is 30.6 Å². The highest BCUT2D eigenvalue weighted by atomic mass is 19.4. The van der Waals surface area contributed by atoms with Crippen molar-refractivity contribution in [3.05, 3.63) is 29.6 Å². The van der Waals surface area contributed by atoms with Gasteiger partial charge in [0.25, 0.3) is 0 Å². The molecular formula is C20H20F4O5. The summed E-state index contributed by atoms with van der Waals surface area (Å²) in [6.07, 6.45) is -1.49. The summed E-state index contributed by atoms with van der Waals surface area (Å²) in [5, 5.41) is 8.90. The Balaban J connectivity index is 1.50. The van der Waals surface area contributed by atoms with Crippen molar-refractivity contribution in [3.8, 4) is 5.75 Å². The van der Waals surface area contributed by atoms with E-state index < -0.39 is 40.5 Å². The SMILES string of the molecule is O=C(O)c1ccc(OCC23CC4CC(C2)CC(OC(=O)C(F)(F)F)(C4)C3)cc1F. The van der Waals surface area contributed by atoms with E-state index in [1.807, 2.05) is 0 Å². The van der Waals surface area contributed by atoms with Crippen LogP contribution < -0.4 is 4.74 Å². The molecule has 0 spiro atoms. The van der Waals surface area contributed by atoms with Crippen molar-refractivity contribution >= 4 is 11.9 Å². The number of hydrogen-bond acceptors (Lipinski definition) is 4. The van der Waals surface area contributed by atoms with E-state index in [0.29, 0.717) is 12.8 Å². The minimum Gasteiger partial charge on any atom is -0.493 e. The predicted molar refractivity (Wildman–Crippen MR) is 90.8 cm³/mol. The van der Waals surface area contributed by atoms with E-state index in [9.17, 15) is 27.2 Å². The lowest BCUT2D eigenvalue weighted by Gasteiger charge is -2.60. The fourth-order valence-corrected chi connectivity index (χ4v) is 5.90. The summed E-state index contributed by atoms with van der Waals surface area (Å²) in [7, 11) is 0. The molecule has 9 heteroatoms. The van der Waals surface area contributed by atoms with Gasteiger partial charge < -0.3 is 14.6 Å². The van der Waals surface area contributed by atoms with Crippen molar-refractivity contribution in [1.82, 2.24) is 0 Å². The van der Waals surface area contributed by atoms with Gasteiger partial charge in [0.2, 0.25) is 0 Å². The van der Waals surface area contributed by atoms with Gasteiger partial charge in [-0.1, -0.05) is 0 Å². The molecule has 1 N–H and O–H groups in total. The molecule has 2 unspecified atom stereocenters. The lowest BCUT2D eigenvalue weighted by Crippen LogP contribution is -2.59. The van der Waals surface area contributed by atoms with E-state index in [1.54, 1.807) is 0 Å². The number of carbonyl (C=O) groups excluding carboxylic acids is 1. The average Bonchev–Trinajstić information content (AvgIpc) is 2.57. The fourth-order valence-electron chi connectivity index (χ4n) is 5.90. The Labute approximate surface area is 164 Å². The molecule has 1 aromatic carbocycles. The molecule has 0 heterocycles. The standard InChI is InChI=1S/C20H20F4O5/c21-15-4-13(1-2-14(15)16(25)26)28-10-18-5-11-3-12(6-18)8-19(7-11,9-18)29-17(27)20(22,23)24/h1-2,4,11-12H,3,5-10H2,(H,25,26). The first-order valence-corrected chi connectivity index (χ1v) is 9.45. The summed E-state index contributed by atoms with van der Waals surface area (Å²) in [6.45, 7) is 0.150. The second-order valence-corrected chi connectivity index (χ2v) is 8.77. The second kappa shape index (κ2) is 6.60. The van der Waals surface area contributed by atoms with E-state index >= 15 is 0 Å². The number of halogens is 4. The third-order valence-corrected chi connectivity index (χ3v) is 6.39. The first kappa shape index (κ1) is 20.0. The average molecular weight is 416 g/mol. The van der Waals surface area contributed by atoms with Gasteiger partial charge in [0.1, 0.15) is 17.2 Å². The predicted octanol–water partition coefficient (Wildman–Crippen LogP) is 4.35. The molecule has 4 aliphatic rings. The highest BCUT2D eigenvalue weighted by molar-refractivity contribution is 5.88. The van der Waals surface area contributed by atoms with Crippen LogP contribution in [0.1, 0.15) is 48.9 Å². The van der Waals surface area contributed by atoms with Gasteiger partial charge in [-0.05, 0) is 62.5 Å². The number of alkyl halides is 3. The van der Waals surface area contributed by atoms with Crippen LogP contribution in [-0.4, -0.2) is 35.4 Å². The van der Waals surface area contributed by atoms with Gasteiger partial charge in [0, 0.05) is 11.5 Å². The molecule has 5 nitrogen and oxygen atoms in total. The van der Waals surface area contributed by atoms with Gasteiger partial charge >= 0.3 is 18.1 Å². The summed E-state index contributed by atoms with van der Waals surface area (Å²) < 4.78 is 62.9. The van der Waals surface area contributed by atoms with Crippen LogP contribution in [0.25, 0.3) is 0 Å². The van der Waals surface area contributed by atoms with Gasteiger partial charge in [-0.15, -0.1) is 0 Å². The molecule has 4 bridgehead atoms. The summed E-state index contributed by atoms with van der Waals surface area (Å²) >= 11 is 0. The van der Waals surface area contributed by atoms with Crippen LogP contribution in [0.2, 0.25) is 0 Å². The number of aromatic carboxylic acids is 1. The maximum absolute atomic E-state index is 13.9. The van der Waals surface area contributed by atoms with Gasteiger partial charge in [-0.2, -0.15) is 13.2 Å². The van der Waals surface area contributed by atoms with Gasteiger partial charge in [-0.25, -0.2) is 14.0 Å². The Bertz CT molecular complexity index is 836. The summed E-state index contributed by atoms with van der Waals surface area (Å²) in [4.78, 5) is 22.4. The van der Waals surface area contributed by atoms with E-state index in [4.69, 9.17) is 14.6 Å². The van der Waals surface area contributed by atoms with Crippen LogP contribution in [0, 0.1) is 23.1 Å². The molecule has 29 heavy (non-hydrogen) atoms. The Morgan fingerprint density at radius 3 is 2.34 bits per heavy atom. The molecule has 5 rings (SSSR count). The number of hydrogen-bond donors (Lipinski definition) is 1. The minimum absolute atomic E-state index is 0.150. The highest BCUT2D eigenvalue weighted by Crippen LogP contribution is 2.63. The zero-order valence-electron chi connectivity index (χ0n) is 15.4. The summed E-state index contributed by atoms with van der Waals surface area (Å²) in [5.41, 5.74) is -2.04. The third-order valence-electron chi connectivity index (χ3n) is 6.39. The molecule has 2 atom stereocenters. The molecule has 0 radical (unpaired) electrons. The number of carboxylic acid groups (broad SMARTS) is 1. The molecule has 4 saturated carbocycles. The first-order valence-electron chi connectivity index (χ1n) is 9.45. The topological polar surface area (TPSA) is 72.8 Å². The van der Waals surface area contributed by atoms with Crippen molar-refractivity contribution in [2.75, 3.05) is 6.61 Å². The number of benzene rings is 1. The Morgan fingerprint density at radius 1 is 1.14 bits per heavy atom. The van der Waals surface area contributed by atoms with Crippen LogP contribution >= 0.6 is 0 Å². The maximum atomic E-state index is 13.9. The van der Waals surface area contributed by atoms with Crippen LogP contribution in [0.3, 0.4) is 0 Å². The first-order chi connectivity index (χ1) is 13.5. The van der Waals surface area contributed by atoms with E-state index in [0.717, 1.165) is 31.4 Å². The van der Waals surface area contributed by atoms with Crippen LogP contribution in [0.5, 0.6) is 5.75 Å².